The van der Waals surface area contributed by atoms with Crippen LogP contribution in [0.25, 0.3) is 0 Å². The summed E-state index contributed by atoms with van der Waals surface area (Å²) in [4.78, 5) is 23.6. The molecular weight excluding hydrogens is 344 g/mol. The lowest BCUT2D eigenvalue weighted by atomic mass is 10.0. The van der Waals surface area contributed by atoms with Crippen molar-refractivity contribution in [2.45, 2.75) is 12.5 Å². The first-order valence-corrected chi connectivity index (χ1v) is 7.94. The Morgan fingerprint density at radius 1 is 1.36 bits per heavy atom. The second-order valence-corrected chi connectivity index (χ2v) is 5.78. The van der Waals surface area contributed by atoms with Gasteiger partial charge >= 0.3 is 5.97 Å². The molecule has 1 unspecified atom stereocenters. The van der Waals surface area contributed by atoms with Crippen molar-refractivity contribution in [3.63, 3.8) is 0 Å². The molecule has 1 aliphatic rings. The fourth-order valence-electron chi connectivity index (χ4n) is 2.52. The Morgan fingerprint density at radius 2 is 2.12 bits per heavy atom. The Balaban J connectivity index is 1.84. The number of esters is 1. The number of amides is 1. The molecule has 128 valence electrons. The number of halogens is 1. The Morgan fingerprint density at radius 3 is 2.76 bits per heavy atom. The van der Waals surface area contributed by atoms with Crippen LogP contribution in [0, 0.1) is 0 Å². The van der Waals surface area contributed by atoms with Gasteiger partial charge in [-0.3, -0.25) is 4.79 Å². The number of hydrogen-bond donors (Lipinski definition) is 0. The highest BCUT2D eigenvalue weighted by molar-refractivity contribution is 6.30. The van der Waals surface area contributed by atoms with E-state index >= 15 is 0 Å². The summed E-state index contributed by atoms with van der Waals surface area (Å²) < 4.78 is 10.3. The molecule has 0 bridgehead atoms. The zero-order valence-corrected chi connectivity index (χ0v) is 14.0. The number of hydrogen-bond acceptors (Lipinski definition) is 5. The number of furan rings is 1. The molecule has 1 aromatic carbocycles. The van der Waals surface area contributed by atoms with Crippen LogP contribution >= 0.6 is 11.6 Å². The third-order valence-corrected chi connectivity index (χ3v) is 3.97. The smallest absolute Gasteiger partial charge is 0.330 e. The summed E-state index contributed by atoms with van der Waals surface area (Å²) in [5.74, 6) is -0.499. The van der Waals surface area contributed by atoms with Crippen molar-refractivity contribution in [1.82, 2.24) is 5.01 Å². The zero-order chi connectivity index (χ0) is 17.8. The molecule has 2 heterocycles. The predicted molar refractivity (Wildman–Crippen MR) is 92.1 cm³/mol. The quantitative estimate of drug-likeness (QED) is 0.607. The summed E-state index contributed by atoms with van der Waals surface area (Å²) in [5, 5.41) is 6.32. The van der Waals surface area contributed by atoms with E-state index < -0.39 is 24.5 Å². The maximum absolute atomic E-state index is 12.4. The van der Waals surface area contributed by atoms with E-state index in [4.69, 9.17) is 20.8 Å². The second-order valence-electron chi connectivity index (χ2n) is 5.34. The Hall–Kier alpha value is -2.86. The third kappa shape index (κ3) is 3.80. The van der Waals surface area contributed by atoms with E-state index in [1.54, 1.807) is 24.3 Å². The van der Waals surface area contributed by atoms with E-state index in [-0.39, 0.29) is 0 Å². The van der Waals surface area contributed by atoms with Crippen LogP contribution in [0.4, 0.5) is 0 Å². The van der Waals surface area contributed by atoms with Gasteiger partial charge in [0, 0.05) is 17.5 Å². The summed E-state index contributed by atoms with van der Waals surface area (Å²) in [6, 6.07) is 10.3. The molecule has 7 heteroatoms. The number of ether oxygens (including phenoxy) is 1. The monoisotopic (exact) mass is 358 g/mol. The molecule has 1 atom stereocenters. The average Bonchev–Trinajstić information content (AvgIpc) is 3.29. The van der Waals surface area contributed by atoms with Gasteiger partial charge in [0.2, 0.25) is 0 Å². The van der Waals surface area contributed by atoms with Crippen LogP contribution in [0.2, 0.25) is 5.02 Å². The summed E-state index contributed by atoms with van der Waals surface area (Å²) >= 11 is 5.92. The molecule has 0 spiro atoms. The van der Waals surface area contributed by atoms with Gasteiger partial charge in [-0.1, -0.05) is 30.3 Å². The Bertz CT molecular complexity index is 812. The number of benzene rings is 1. The van der Waals surface area contributed by atoms with Crippen molar-refractivity contribution < 1.29 is 18.7 Å². The summed E-state index contributed by atoms with van der Waals surface area (Å²) in [5.41, 5.74) is 1.58. The molecule has 25 heavy (non-hydrogen) atoms. The summed E-state index contributed by atoms with van der Waals surface area (Å²) in [7, 11) is 0. The third-order valence-electron chi connectivity index (χ3n) is 3.72. The topological polar surface area (TPSA) is 72.1 Å². The van der Waals surface area contributed by atoms with Gasteiger partial charge in [0.25, 0.3) is 5.91 Å². The molecule has 2 aromatic rings. The van der Waals surface area contributed by atoms with E-state index in [1.165, 1.54) is 11.3 Å². The van der Waals surface area contributed by atoms with Crippen LogP contribution in [-0.4, -0.2) is 29.2 Å². The van der Waals surface area contributed by atoms with E-state index in [1.807, 2.05) is 12.1 Å². The fourth-order valence-corrected chi connectivity index (χ4v) is 2.64. The van der Waals surface area contributed by atoms with Crippen molar-refractivity contribution in [3.05, 3.63) is 71.7 Å². The summed E-state index contributed by atoms with van der Waals surface area (Å²) in [6.07, 6.45) is 3.02. The SMILES string of the molecule is C=CC(=O)OCC(=O)N1N=C(c2ccc(Cl)cc2)CC1c1ccco1. The highest BCUT2D eigenvalue weighted by Crippen LogP contribution is 2.33. The number of carbonyl (C=O) groups excluding carboxylic acids is 2. The predicted octanol–water partition coefficient (Wildman–Crippen LogP) is 3.34. The molecule has 0 fully saturated rings. The standard InChI is InChI=1S/C18H15ClN2O4/c1-2-18(23)25-11-17(22)21-15(16-4-3-9-24-16)10-14(20-21)12-5-7-13(19)8-6-12/h2-9,15H,1,10-11H2. The van der Waals surface area contributed by atoms with Gasteiger partial charge in [-0.15, -0.1) is 0 Å². The number of hydrazone groups is 1. The molecule has 0 N–H and O–H groups in total. The first kappa shape index (κ1) is 17.0. The van der Waals surface area contributed by atoms with Gasteiger partial charge in [-0.25, -0.2) is 9.80 Å². The Labute approximate surface area is 149 Å². The minimum Gasteiger partial charge on any atom is -0.467 e. The van der Waals surface area contributed by atoms with Crippen LogP contribution in [-0.2, 0) is 14.3 Å². The van der Waals surface area contributed by atoms with Crippen molar-refractivity contribution in [3.8, 4) is 0 Å². The fraction of sp³-hybridized carbons (Fsp3) is 0.167. The van der Waals surface area contributed by atoms with Gasteiger partial charge in [-0.2, -0.15) is 5.10 Å². The molecule has 0 radical (unpaired) electrons. The molecular formula is C18H15ClN2O4. The zero-order valence-electron chi connectivity index (χ0n) is 13.2. The van der Waals surface area contributed by atoms with Crippen molar-refractivity contribution >= 4 is 29.2 Å². The lowest BCUT2D eigenvalue weighted by molar-refractivity contribution is -0.149. The van der Waals surface area contributed by atoms with Crippen LogP contribution in [0.1, 0.15) is 23.8 Å². The largest absolute Gasteiger partial charge is 0.467 e. The van der Waals surface area contributed by atoms with Gasteiger partial charge in [-0.05, 0) is 29.8 Å². The summed E-state index contributed by atoms with van der Waals surface area (Å²) in [6.45, 7) is 2.88. The molecule has 6 nitrogen and oxygen atoms in total. The average molecular weight is 359 g/mol. The first-order valence-electron chi connectivity index (χ1n) is 7.56. The highest BCUT2D eigenvalue weighted by atomic mass is 35.5. The van der Waals surface area contributed by atoms with E-state index in [9.17, 15) is 9.59 Å². The van der Waals surface area contributed by atoms with Gasteiger partial charge in [0.1, 0.15) is 11.8 Å². The van der Waals surface area contributed by atoms with Crippen LogP contribution in [0.15, 0.2) is 64.8 Å². The van der Waals surface area contributed by atoms with Crippen molar-refractivity contribution in [1.29, 1.82) is 0 Å². The van der Waals surface area contributed by atoms with E-state index in [0.29, 0.717) is 17.2 Å². The number of rotatable bonds is 5. The number of nitrogens with zero attached hydrogens (tertiary/aromatic N) is 2. The normalized spacial score (nSPS) is 16.4. The van der Waals surface area contributed by atoms with Crippen LogP contribution in [0.3, 0.4) is 0 Å². The molecule has 1 aromatic heterocycles. The van der Waals surface area contributed by atoms with Crippen LogP contribution < -0.4 is 0 Å². The molecule has 1 amide bonds. The number of carbonyl (C=O) groups is 2. The Kier molecular flexibility index (Phi) is 5.00. The van der Waals surface area contributed by atoms with E-state index in [2.05, 4.69) is 11.7 Å². The first-order chi connectivity index (χ1) is 12.1. The van der Waals surface area contributed by atoms with Gasteiger partial charge < -0.3 is 9.15 Å². The molecule has 0 saturated heterocycles. The van der Waals surface area contributed by atoms with E-state index in [0.717, 1.165) is 17.4 Å². The lowest BCUT2D eigenvalue weighted by Crippen LogP contribution is -2.31. The lowest BCUT2D eigenvalue weighted by Gasteiger charge is -2.19. The second kappa shape index (κ2) is 7.36. The highest BCUT2D eigenvalue weighted by Gasteiger charge is 2.35. The molecule has 0 aliphatic carbocycles. The van der Waals surface area contributed by atoms with Crippen LogP contribution in [0.5, 0.6) is 0 Å². The molecule has 3 rings (SSSR count). The molecule has 0 saturated carbocycles. The minimum atomic E-state index is -0.663. The maximum Gasteiger partial charge on any atom is 0.330 e. The van der Waals surface area contributed by atoms with Gasteiger partial charge in [0.05, 0.1) is 12.0 Å². The van der Waals surface area contributed by atoms with Gasteiger partial charge in [0.15, 0.2) is 6.61 Å². The maximum atomic E-state index is 12.4. The molecule has 1 aliphatic heterocycles. The van der Waals surface area contributed by atoms with Crippen molar-refractivity contribution in [2.75, 3.05) is 6.61 Å². The minimum absolute atomic E-state index is 0.393. The van der Waals surface area contributed by atoms with Crippen molar-refractivity contribution in [2.24, 2.45) is 5.10 Å².